The standard InChI is InChI=1S/C32H30O2S2.2F6P/c1-2-3-4-5-14-24(36-31-21-12-8-17-27(31)34-28-18-9-13-22-32(28)36)23-35-29-19-10-6-15-25(29)33-26-16-7-11-20-30(26)35;2*1-7(2,3,4,5)6/h2,6-13,15-22,24H,1,3-5,14,23H2;;/q+2;2*-1. The zero-order valence-corrected chi connectivity index (χ0v) is 29.1. The molecular weight excluding hydrogens is 770 g/mol. The van der Waals surface area contributed by atoms with E-state index in [0.29, 0.717) is 5.25 Å². The van der Waals surface area contributed by atoms with Gasteiger partial charge in [0.05, 0.1) is 21.8 Å². The van der Waals surface area contributed by atoms with Crippen LogP contribution in [0.2, 0.25) is 0 Å². The van der Waals surface area contributed by atoms with Gasteiger partial charge in [-0.3, -0.25) is 0 Å². The molecule has 1 atom stereocenters. The number of allylic oxidation sites excluding steroid dienone is 1. The summed E-state index contributed by atoms with van der Waals surface area (Å²) in [6.07, 6.45) is 6.67. The van der Waals surface area contributed by atoms with Gasteiger partial charge in [0.25, 0.3) is 0 Å². The van der Waals surface area contributed by atoms with E-state index in [4.69, 9.17) is 9.47 Å². The Balaban J connectivity index is 0.000000340. The van der Waals surface area contributed by atoms with E-state index in [1.165, 1.54) is 38.8 Å². The molecule has 0 aliphatic carbocycles. The normalized spacial score (nSPS) is 17.2. The molecule has 1 unspecified atom stereocenters. The summed E-state index contributed by atoms with van der Waals surface area (Å²) < 4.78 is 131. The molecule has 4 aromatic rings. The molecule has 0 radical (unpaired) electrons. The molecule has 0 saturated heterocycles. The van der Waals surface area contributed by atoms with Gasteiger partial charge in [0, 0.05) is 6.42 Å². The van der Waals surface area contributed by atoms with Crippen LogP contribution in [-0.2, 0) is 21.8 Å². The molecule has 0 aromatic heterocycles. The molecule has 0 fully saturated rings. The van der Waals surface area contributed by atoms with Crippen LogP contribution in [0.1, 0.15) is 25.7 Å². The van der Waals surface area contributed by atoms with Crippen LogP contribution in [0.25, 0.3) is 0 Å². The Morgan fingerprint density at radius 2 is 0.840 bits per heavy atom. The van der Waals surface area contributed by atoms with Gasteiger partial charge in [-0.1, -0.05) is 54.6 Å². The molecule has 0 amide bonds. The van der Waals surface area contributed by atoms with E-state index in [1.807, 2.05) is 6.08 Å². The monoisotopic (exact) mass is 800 g/mol. The molecule has 18 heteroatoms. The van der Waals surface area contributed by atoms with Crippen molar-refractivity contribution in [2.24, 2.45) is 0 Å². The fourth-order valence-electron chi connectivity index (χ4n) is 5.04. The summed E-state index contributed by atoms with van der Waals surface area (Å²) in [5.74, 6) is 5.11. The Morgan fingerprint density at radius 1 is 0.520 bits per heavy atom. The molecule has 2 nitrogen and oxygen atoms in total. The first-order chi connectivity index (χ1) is 22.7. The Kier molecular flexibility index (Phi) is 10.5. The fourth-order valence-corrected chi connectivity index (χ4v) is 10.8. The zero-order valence-electron chi connectivity index (χ0n) is 25.7. The maximum absolute atomic E-state index is 10.7. The number of benzene rings is 4. The van der Waals surface area contributed by atoms with Crippen molar-refractivity contribution in [3.8, 4) is 23.0 Å². The first kappa shape index (κ1) is 39.7. The van der Waals surface area contributed by atoms with E-state index in [2.05, 4.69) is 104 Å². The van der Waals surface area contributed by atoms with Crippen molar-refractivity contribution < 1.29 is 59.8 Å². The van der Waals surface area contributed by atoms with Crippen molar-refractivity contribution in [3.63, 3.8) is 0 Å². The topological polar surface area (TPSA) is 18.5 Å². The molecule has 0 saturated carbocycles. The molecule has 0 N–H and O–H groups in total. The summed E-state index contributed by atoms with van der Waals surface area (Å²) >= 11 is 0. The van der Waals surface area contributed by atoms with Gasteiger partial charge in [0.15, 0.2) is 34.0 Å². The number of halogens is 12. The average Bonchev–Trinajstić information content (AvgIpc) is 2.98. The van der Waals surface area contributed by atoms with E-state index in [9.17, 15) is 50.4 Å². The second-order valence-corrected chi connectivity index (χ2v) is 19.0. The van der Waals surface area contributed by atoms with Crippen molar-refractivity contribution in [3.05, 3.63) is 110 Å². The van der Waals surface area contributed by atoms with Crippen LogP contribution in [0.15, 0.2) is 129 Å². The third-order valence-corrected chi connectivity index (χ3v) is 12.1. The van der Waals surface area contributed by atoms with Gasteiger partial charge in [-0.25, -0.2) is 0 Å². The Bertz CT molecular complexity index is 1700. The molecule has 276 valence electrons. The van der Waals surface area contributed by atoms with Crippen LogP contribution >= 0.6 is 15.6 Å². The zero-order chi connectivity index (χ0) is 37.1. The van der Waals surface area contributed by atoms with Crippen molar-refractivity contribution in [2.75, 3.05) is 5.75 Å². The summed E-state index contributed by atoms with van der Waals surface area (Å²) in [5.41, 5.74) is 0. The van der Waals surface area contributed by atoms with Crippen LogP contribution in [0.3, 0.4) is 0 Å². The fraction of sp³-hybridized carbons (Fsp3) is 0.188. The molecule has 6 rings (SSSR count). The van der Waals surface area contributed by atoms with Crippen molar-refractivity contribution in [1.82, 2.24) is 0 Å². The van der Waals surface area contributed by atoms with Crippen LogP contribution < -0.4 is 9.47 Å². The van der Waals surface area contributed by atoms with Crippen molar-refractivity contribution in [2.45, 2.75) is 50.5 Å². The van der Waals surface area contributed by atoms with E-state index in [0.717, 1.165) is 35.2 Å². The summed E-state index contributed by atoms with van der Waals surface area (Å²) in [6, 6.07) is 34.5. The van der Waals surface area contributed by atoms with Gasteiger partial charge in [-0.15, -0.1) is 6.58 Å². The van der Waals surface area contributed by atoms with Crippen LogP contribution in [0, 0.1) is 0 Å². The number of unbranched alkanes of at least 4 members (excludes halogenated alkanes) is 2. The van der Waals surface area contributed by atoms with Crippen LogP contribution in [-0.4, -0.2) is 11.0 Å². The Morgan fingerprint density at radius 3 is 1.20 bits per heavy atom. The van der Waals surface area contributed by atoms with E-state index >= 15 is 0 Å². The molecule has 4 aromatic carbocycles. The first-order valence-electron chi connectivity index (χ1n) is 14.6. The van der Waals surface area contributed by atoms with Gasteiger partial charge in [0.1, 0.15) is 0 Å². The van der Waals surface area contributed by atoms with Crippen LogP contribution in [0.5, 0.6) is 23.0 Å². The SMILES string of the molecule is C=CCCCCC(C[S+]1c2ccccc2Oc2ccccc21)[S+]1c2ccccc2Oc2ccccc21.F[P-](F)(F)(F)(F)F.F[P-](F)(F)(F)(F)F. The maximum atomic E-state index is 9.87. The predicted molar refractivity (Wildman–Crippen MR) is 178 cm³/mol. The third-order valence-electron chi connectivity index (χ3n) is 6.71. The first-order valence-corrected chi connectivity index (χ1v) is 21.4. The van der Waals surface area contributed by atoms with Crippen LogP contribution in [0.4, 0.5) is 50.4 Å². The van der Waals surface area contributed by atoms with E-state index in [1.54, 1.807) is 0 Å². The van der Waals surface area contributed by atoms with Gasteiger partial charge in [0.2, 0.25) is 19.6 Å². The molecule has 0 spiro atoms. The number of fused-ring (bicyclic) bond motifs is 4. The quantitative estimate of drug-likeness (QED) is 0.0581. The summed E-state index contributed by atoms with van der Waals surface area (Å²) in [5, 5.41) is 0.489. The third kappa shape index (κ3) is 13.9. The Hall–Kier alpha value is -3.06. The van der Waals surface area contributed by atoms with Crippen molar-refractivity contribution >= 4 is 37.4 Å². The minimum atomic E-state index is -10.7. The van der Waals surface area contributed by atoms with Crippen molar-refractivity contribution in [1.29, 1.82) is 0 Å². The summed E-state index contributed by atoms with van der Waals surface area (Å²) in [4.78, 5) is 5.32. The number of ether oxygens (including phenoxy) is 2. The molecular formula is C32H30F12O2P2S2. The van der Waals surface area contributed by atoms with E-state index < -0.39 is 15.6 Å². The minimum absolute atomic E-state index is 0.0661. The molecule has 2 heterocycles. The molecule has 2 aliphatic rings. The average molecular weight is 801 g/mol. The second-order valence-electron chi connectivity index (χ2n) is 11.0. The molecule has 0 bridgehead atoms. The second kappa shape index (κ2) is 13.2. The van der Waals surface area contributed by atoms with Gasteiger partial charge in [-0.05, 0) is 67.8 Å². The van der Waals surface area contributed by atoms with E-state index in [-0.39, 0.29) is 21.8 Å². The summed E-state index contributed by atoms with van der Waals surface area (Å²) in [7, 11) is -21.5. The Labute approximate surface area is 285 Å². The number of hydrogen-bond acceptors (Lipinski definition) is 2. The molecule has 2 aliphatic heterocycles. The number of rotatable bonds is 8. The predicted octanol–water partition coefficient (Wildman–Crippen LogP) is 15.6. The number of para-hydroxylation sites is 4. The van der Waals surface area contributed by atoms with Gasteiger partial charge < -0.3 is 9.47 Å². The van der Waals surface area contributed by atoms with Gasteiger partial charge >= 0.3 is 66.0 Å². The van der Waals surface area contributed by atoms with Gasteiger partial charge in [-0.2, -0.15) is 0 Å². The summed E-state index contributed by atoms with van der Waals surface area (Å²) in [6.45, 7) is 3.94. The molecule has 50 heavy (non-hydrogen) atoms. The number of hydrogen-bond donors (Lipinski definition) is 0.